The van der Waals surface area contributed by atoms with Crippen molar-refractivity contribution in [3.63, 3.8) is 0 Å². The standard InChI is InChI=1S/C54H88FN5O14S/c1-16-41-54(11,66)47(63)33(6)45(59-70-28-67-13)29(2)25-53(10,69-15)49(31(4)44(32(5)51(65)73-41)40-26-52(9,68-14)48(64)34(7)72-40)74-43-24-38(23-30(3)71-43)60(12)22-21-42(61)56-39(27-55)46(62)36-17-19-37(20-18-36)50-58-57-35(8)75-50/h17-20,29-34,38-41,43-44,46-49,62-64,66H,16,21-28H2,1-15H3,(H,56,61)/b59-45-/t29-,30-,31+,32-,33+,34+,38+,39-,40?,41-,43+,44+,46-,47-,48+,49-,52-,53-,54-/m1/s1. The first-order valence-electron chi connectivity index (χ1n) is 26.5. The Kier molecular flexibility index (Phi) is 22.5. The van der Waals surface area contributed by atoms with Crippen molar-refractivity contribution < 1.29 is 72.4 Å². The Balaban J connectivity index is 1.45. The van der Waals surface area contributed by atoms with Crippen molar-refractivity contribution >= 4 is 28.9 Å². The van der Waals surface area contributed by atoms with Crippen LogP contribution in [0.1, 0.15) is 124 Å². The van der Waals surface area contributed by atoms with E-state index in [0.29, 0.717) is 30.7 Å². The van der Waals surface area contributed by atoms with Crippen LogP contribution in [0, 0.1) is 36.5 Å². The zero-order chi connectivity index (χ0) is 55.7. The van der Waals surface area contributed by atoms with E-state index in [2.05, 4.69) is 25.6 Å². The number of alkyl halides is 1. The molecular formula is C54H88FN5O14S. The van der Waals surface area contributed by atoms with Crippen LogP contribution in [0.25, 0.3) is 10.6 Å². The van der Waals surface area contributed by atoms with Gasteiger partial charge in [0.05, 0.1) is 59.4 Å². The summed E-state index contributed by atoms with van der Waals surface area (Å²) < 4.78 is 59.0. The molecule has 3 aliphatic rings. The van der Waals surface area contributed by atoms with Crippen molar-refractivity contribution in [3.05, 3.63) is 34.8 Å². The number of nitrogens with one attached hydrogen (secondary N) is 1. The fourth-order valence-electron chi connectivity index (χ4n) is 11.8. The molecule has 0 bridgehead atoms. The van der Waals surface area contributed by atoms with E-state index in [4.69, 9.17) is 38.0 Å². The molecule has 0 saturated carbocycles. The largest absolute Gasteiger partial charge is 0.459 e. The number of carbonyl (C=O) groups excluding carboxylic acids is 2. The highest BCUT2D eigenvalue weighted by Crippen LogP contribution is 2.46. The van der Waals surface area contributed by atoms with Gasteiger partial charge >= 0.3 is 5.97 Å². The Morgan fingerprint density at radius 2 is 1.64 bits per heavy atom. The summed E-state index contributed by atoms with van der Waals surface area (Å²) in [5, 5.41) is 63.6. The number of rotatable bonds is 18. The van der Waals surface area contributed by atoms with Crippen LogP contribution in [0.4, 0.5) is 4.39 Å². The maximum Gasteiger partial charge on any atom is 0.309 e. The van der Waals surface area contributed by atoms with Crippen molar-refractivity contribution in [3.8, 4) is 10.6 Å². The third kappa shape index (κ3) is 14.9. The lowest BCUT2D eigenvalue weighted by Gasteiger charge is -2.52. The Bertz CT molecular complexity index is 2160. The van der Waals surface area contributed by atoms with Crippen LogP contribution in [-0.2, 0) is 47.6 Å². The average Bonchev–Trinajstić information content (AvgIpc) is 3.83. The van der Waals surface area contributed by atoms with Gasteiger partial charge in [-0.3, -0.25) is 9.59 Å². The van der Waals surface area contributed by atoms with Gasteiger partial charge in [-0.2, -0.15) is 0 Å². The minimum absolute atomic E-state index is 0.0234. The minimum Gasteiger partial charge on any atom is -0.459 e. The number of halogens is 1. The monoisotopic (exact) mass is 1080 g/mol. The van der Waals surface area contributed by atoms with Crippen molar-refractivity contribution in [2.24, 2.45) is 34.7 Å². The van der Waals surface area contributed by atoms with Crippen LogP contribution < -0.4 is 5.32 Å². The molecule has 5 N–H and O–H groups in total. The predicted octanol–water partition coefficient (Wildman–Crippen LogP) is 5.92. The van der Waals surface area contributed by atoms with Gasteiger partial charge in [-0.15, -0.1) is 10.2 Å². The number of aromatic nitrogens is 2. The summed E-state index contributed by atoms with van der Waals surface area (Å²) in [6.45, 7) is 19.1. The highest BCUT2D eigenvalue weighted by Gasteiger charge is 2.55. The summed E-state index contributed by atoms with van der Waals surface area (Å²) in [7, 11) is 6.50. The lowest BCUT2D eigenvalue weighted by Crippen LogP contribution is -2.61. The molecule has 21 heteroatoms. The molecule has 0 aliphatic carbocycles. The molecule has 5 rings (SSSR count). The van der Waals surface area contributed by atoms with Gasteiger partial charge < -0.3 is 68.6 Å². The van der Waals surface area contributed by atoms with E-state index in [9.17, 15) is 34.4 Å². The third-order valence-electron chi connectivity index (χ3n) is 16.4. The van der Waals surface area contributed by atoms with E-state index in [-0.39, 0.29) is 44.6 Å². The molecule has 4 heterocycles. The molecule has 1 aromatic heterocycles. The maximum atomic E-state index is 14.8. The molecule has 3 saturated heterocycles. The fourth-order valence-corrected chi connectivity index (χ4v) is 12.5. The minimum atomic E-state index is -1.93. The number of nitrogens with zero attached hydrogens (tertiary/aromatic N) is 4. The second kappa shape index (κ2) is 27.0. The lowest BCUT2D eigenvalue weighted by molar-refractivity contribution is -0.278. The van der Waals surface area contributed by atoms with Crippen molar-refractivity contribution in [2.75, 3.05) is 48.4 Å². The molecule has 19 atom stereocenters. The first kappa shape index (κ1) is 62.5. The Morgan fingerprint density at radius 3 is 2.23 bits per heavy atom. The van der Waals surface area contributed by atoms with Crippen LogP contribution >= 0.6 is 11.3 Å². The number of hydrogen-bond donors (Lipinski definition) is 5. The lowest BCUT2D eigenvalue weighted by atomic mass is 9.67. The summed E-state index contributed by atoms with van der Waals surface area (Å²) in [6.07, 6.45) is -6.60. The van der Waals surface area contributed by atoms with Crippen molar-refractivity contribution in [1.82, 2.24) is 20.4 Å². The molecule has 75 heavy (non-hydrogen) atoms. The van der Waals surface area contributed by atoms with Gasteiger partial charge in [0, 0.05) is 76.5 Å². The number of ether oxygens (including phenoxy) is 7. The fraction of sp³-hybridized carbons (Fsp3) is 0.796. The second-order valence-corrected chi connectivity index (χ2v) is 23.2. The number of aryl methyl sites for hydroxylation is 1. The third-order valence-corrected chi connectivity index (χ3v) is 17.3. The number of benzene rings is 1. The predicted molar refractivity (Wildman–Crippen MR) is 280 cm³/mol. The summed E-state index contributed by atoms with van der Waals surface area (Å²) in [5.74, 6) is -4.50. The van der Waals surface area contributed by atoms with Gasteiger partial charge in [-0.25, -0.2) is 4.39 Å². The normalized spacial score (nSPS) is 37.9. The van der Waals surface area contributed by atoms with Gasteiger partial charge in [0.1, 0.15) is 40.6 Å². The van der Waals surface area contributed by atoms with Gasteiger partial charge in [0.15, 0.2) is 6.29 Å². The van der Waals surface area contributed by atoms with Crippen molar-refractivity contribution in [2.45, 2.75) is 199 Å². The van der Waals surface area contributed by atoms with E-state index in [1.165, 1.54) is 32.5 Å². The molecule has 426 valence electrons. The maximum absolute atomic E-state index is 14.8. The zero-order valence-corrected chi connectivity index (χ0v) is 47.7. The molecule has 0 spiro atoms. The molecule has 0 radical (unpaired) electrons. The molecule has 2 aromatic rings. The summed E-state index contributed by atoms with van der Waals surface area (Å²) >= 11 is 1.44. The van der Waals surface area contributed by atoms with Crippen molar-refractivity contribution in [1.29, 1.82) is 0 Å². The van der Waals surface area contributed by atoms with Gasteiger partial charge in [-0.05, 0) is 79.3 Å². The highest BCUT2D eigenvalue weighted by atomic mass is 32.1. The molecule has 1 unspecified atom stereocenters. The van der Waals surface area contributed by atoms with Gasteiger partial charge in [-0.1, -0.05) is 75.4 Å². The zero-order valence-electron chi connectivity index (χ0n) is 46.9. The Labute approximate surface area is 447 Å². The molecular weight excluding hydrogens is 994 g/mol. The number of cyclic esters (lactones) is 1. The highest BCUT2D eigenvalue weighted by molar-refractivity contribution is 7.14. The van der Waals surface area contributed by atoms with Crippen LogP contribution in [0.3, 0.4) is 0 Å². The molecule has 19 nitrogen and oxygen atoms in total. The SMILES string of the molecule is CC[C@H]1OC(=O)[C@H](C)[C@@H](C2C[C@@](C)(OC)[C@@H](O)[C@H](C)O2)[C@H](C)[C@@H](O[C@H]2C[C@@H](N(C)CCC(=O)N[C@H](CF)[C@H](O)c3ccc(-c4nnc(C)s4)cc3)C[C@@H](C)O2)[C@](C)(OC)C[C@@H](C)/C(=N/OCOC)[C@H](C)[C@@H](O)[C@]1(C)O. The number of carbonyl (C=O) groups is 2. The van der Waals surface area contributed by atoms with E-state index in [1.807, 2.05) is 48.6 Å². The molecule has 3 aliphatic heterocycles. The van der Waals surface area contributed by atoms with E-state index in [0.717, 1.165) is 15.6 Å². The first-order valence-corrected chi connectivity index (χ1v) is 27.3. The number of methoxy groups -OCH3 is 3. The number of aliphatic hydroxyl groups is 4. The summed E-state index contributed by atoms with van der Waals surface area (Å²) in [6, 6.07) is 5.65. The number of amides is 1. The summed E-state index contributed by atoms with van der Waals surface area (Å²) in [4.78, 5) is 35.8. The smallest absolute Gasteiger partial charge is 0.309 e. The van der Waals surface area contributed by atoms with Crippen LogP contribution in [0.15, 0.2) is 29.4 Å². The Hall–Kier alpha value is -3.32. The van der Waals surface area contributed by atoms with Gasteiger partial charge in [0.2, 0.25) is 12.7 Å². The number of aliphatic hydroxyl groups excluding tert-OH is 3. The number of hydrogen-bond acceptors (Lipinski definition) is 19. The number of esters is 1. The second-order valence-electron chi connectivity index (χ2n) is 22.0. The molecule has 1 amide bonds. The van der Waals surface area contributed by atoms with E-state index >= 15 is 0 Å². The quantitative estimate of drug-likeness (QED) is 0.0503. The van der Waals surface area contributed by atoms with E-state index in [1.54, 1.807) is 59.1 Å². The van der Waals surface area contributed by atoms with Crippen LogP contribution in [-0.4, -0.2) is 179 Å². The van der Waals surface area contributed by atoms with Crippen LogP contribution in [0.5, 0.6) is 0 Å². The summed E-state index contributed by atoms with van der Waals surface area (Å²) in [5.41, 5.74) is -2.50. The van der Waals surface area contributed by atoms with Crippen LogP contribution in [0.2, 0.25) is 0 Å². The molecule has 3 fully saturated rings. The van der Waals surface area contributed by atoms with Gasteiger partial charge in [0.25, 0.3) is 0 Å². The topological polar surface area (TPSA) is 242 Å². The Morgan fingerprint density at radius 1 is 0.973 bits per heavy atom. The number of oxime groups is 1. The van der Waals surface area contributed by atoms with E-state index < -0.39 is 120 Å². The average molecular weight is 1080 g/mol. The first-order chi connectivity index (χ1) is 35.3. The molecule has 1 aromatic carbocycles.